The van der Waals surface area contributed by atoms with E-state index in [4.69, 9.17) is 4.74 Å². The van der Waals surface area contributed by atoms with Gasteiger partial charge in [0.05, 0.1) is 12.3 Å². The second kappa shape index (κ2) is 8.03. The summed E-state index contributed by atoms with van der Waals surface area (Å²) in [6.07, 6.45) is 0.211. The molecule has 1 amide bonds. The quantitative estimate of drug-likeness (QED) is 0.764. The maximum atomic E-state index is 13.2. The first-order valence-electron chi connectivity index (χ1n) is 8.94. The lowest BCUT2D eigenvalue weighted by Crippen LogP contribution is -2.44. The highest BCUT2D eigenvalue weighted by Crippen LogP contribution is 2.27. The summed E-state index contributed by atoms with van der Waals surface area (Å²) in [5, 5.41) is 6.01. The standard InChI is InChI=1S/C21H23N3O3/c1-4-27-21(26)18-14-19(24(22-18)16-10-6-5-7-11-16)20(25)23(3)17-12-8-9-15(2)13-17/h5-13,19H,4,14H2,1-3H3. The number of hydrogen-bond donors (Lipinski definition) is 0. The summed E-state index contributed by atoms with van der Waals surface area (Å²) in [5.74, 6) is -0.612. The first-order valence-corrected chi connectivity index (χ1v) is 8.94. The summed E-state index contributed by atoms with van der Waals surface area (Å²) in [6, 6.07) is 16.5. The summed E-state index contributed by atoms with van der Waals surface area (Å²) < 4.78 is 5.08. The van der Waals surface area contributed by atoms with Crippen molar-refractivity contribution in [3.63, 3.8) is 0 Å². The molecule has 27 heavy (non-hydrogen) atoms. The van der Waals surface area contributed by atoms with Gasteiger partial charge in [-0.3, -0.25) is 9.80 Å². The smallest absolute Gasteiger partial charge is 0.354 e. The Morgan fingerprint density at radius 3 is 2.59 bits per heavy atom. The lowest BCUT2D eigenvalue weighted by atomic mass is 10.1. The van der Waals surface area contributed by atoms with E-state index in [9.17, 15) is 9.59 Å². The Hall–Kier alpha value is -3.15. The van der Waals surface area contributed by atoms with Gasteiger partial charge in [0, 0.05) is 19.2 Å². The van der Waals surface area contributed by atoms with Gasteiger partial charge in [-0.05, 0) is 43.7 Å². The number of aryl methyl sites for hydroxylation is 1. The van der Waals surface area contributed by atoms with Gasteiger partial charge >= 0.3 is 5.97 Å². The summed E-state index contributed by atoms with van der Waals surface area (Å²) >= 11 is 0. The molecule has 0 N–H and O–H groups in total. The summed E-state index contributed by atoms with van der Waals surface area (Å²) in [4.78, 5) is 27.0. The van der Waals surface area contributed by atoms with E-state index in [1.54, 1.807) is 23.9 Å². The van der Waals surface area contributed by atoms with Crippen molar-refractivity contribution in [2.24, 2.45) is 5.10 Å². The minimum atomic E-state index is -0.600. The fraction of sp³-hybridized carbons (Fsp3) is 0.286. The van der Waals surface area contributed by atoms with Crippen molar-refractivity contribution in [3.8, 4) is 0 Å². The van der Waals surface area contributed by atoms with Gasteiger partial charge in [-0.15, -0.1) is 0 Å². The molecular weight excluding hydrogens is 342 g/mol. The average Bonchev–Trinajstić information content (AvgIpc) is 3.13. The SMILES string of the molecule is CCOC(=O)C1=NN(c2ccccc2)C(C(=O)N(C)c2cccc(C)c2)C1. The van der Waals surface area contributed by atoms with E-state index in [0.29, 0.717) is 0 Å². The van der Waals surface area contributed by atoms with Gasteiger partial charge in [0.15, 0.2) is 0 Å². The molecular formula is C21H23N3O3. The van der Waals surface area contributed by atoms with Gasteiger partial charge in [-0.2, -0.15) is 5.10 Å². The van der Waals surface area contributed by atoms with Crippen LogP contribution in [0.5, 0.6) is 0 Å². The fourth-order valence-electron chi connectivity index (χ4n) is 3.05. The van der Waals surface area contributed by atoms with Crippen LogP contribution < -0.4 is 9.91 Å². The van der Waals surface area contributed by atoms with Crippen LogP contribution in [0.15, 0.2) is 59.7 Å². The lowest BCUT2D eigenvalue weighted by molar-refractivity contribution is -0.135. The van der Waals surface area contributed by atoms with Gasteiger partial charge in [0.25, 0.3) is 5.91 Å². The van der Waals surface area contributed by atoms with Crippen LogP contribution in [-0.2, 0) is 14.3 Å². The van der Waals surface area contributed by atoms with Crippen molar-refractivity contribution in [2.75, 3.05) is 23.6 Å². The normalized spacial score (nSPS) is 16.0. The number of rotatable bonds is 5. The lowest BCUT2D eigenvalue weighted by Gasteiger charge is -2.27. The van der Waals surface area contributed by atoms with Gasteiger partial charge in [0.2, 0.25) is 0 Å². The number of para-hydroxylation sites is 1. The van der Waals surface area contributed by atoms with Gasteiger partial charge in [0.1, 0.15) is 11.8 Å². The van der Waals surface area contributed by atoms with Crippen molar-refractivity contribution in [3.05, 3.63) is 60.2 Å². The monoisotopic (exact) mass is 365 g/mol. The molecule has 0 fully saturated rings. The van der Waals surface area contributed by atoms with Crippen LogP contribution in [0, 0.1) is 6.92 Å². The molecule has 1 atom stereocenters. The zero-order chi connectivity index (χ0) is 19.4. The topological polar surface area (TPSA) is 62.2 Å². The summed E-state index contributed by atoms with van der Waals surface area (Å²) in [7, 11) is 1.74. The number of hydrogen-bond acceptors (Lipinski definition) is 5. The van der Waals surface area contributed by atoms with Crippen molar-refractivity contribution in [1.82, 2.24) is 0 Å². The molecule has 3 rings (SSSR count). The Bertz CT molecular complexity index is 864. The Labute approximate surface area is 159 Å². The number of likely N-dealkylation sites (N-methyl/N-ethyl adjacent to an activating group) is 1. The Balaban J connectivity index is 1.90. The number of carbonyl (C=O) groups is 2. The van der Waals surface area contributed by atoms with Crippen molar-refractivity contribution in [1.29, 1.82) is 0 Å². The van der Waals surface area contributed by atoms with Crippen LogP contribution in [0.4, 0.5) is 11.4 Å². The first kappa shape index (κ1) is 18.6. The average molecular weight is 365 g/mol. The highest BCUT2D eigenvalue weighted by Gasteiger charge is 2.38. The van der Waals surface area contributed by atoms with E-state index >= 15 is 0 Å². The number of carbonyl (C=O) groups excluding carboxylic acids is 2. The van der Waals surface area contributed by atoms with E-state index in [-0.39, 0.29) is 24.6 Å². The van der Waals surface area contributed by atoms with Gasteiger partial charge < -0.3 is 9.64 Å². The molecule has 0 aromatic heterocycles. The second-order valence-electron chi connectivity index (χ2n) is 6.40. The molecule has 0 spiro atoms. The molecule has 2 aromatic rings. The van der Waals surface area contributed by atoms with E-state index in [2.05, 4.69) is 5.10 Å². The molecule has 0 saturated carbocycles. The third kappa shape index (κ3) is 4.00. The van der Waals surface area contributed by atoms with Gasteiger partial charge in [-0.25, -0.2) is 4.79 Å². The minimum Gasteiger partial charge on any atom is -0.461 e. The van der Waals surface area contributed by atoms with E-state index < -0.39 is 12.0 Å². The predicted molar refractivity (Wildman–Crippen MR) is 106 cm³/mol. The van der Waals surface area contributed by atoms with Crippen molar-refractivity contribution < 1.29 is 14.3 Å². The molecule has 0 saturated heterocycles. The van der Waals surface area contributed by atoms with Crippen molar-refractivity contribution in [2.45, 2.75) is 26.3 Å². The molecule has 6 nitrogen and oxygen atoms in total. The maximum absolute atomic E-state index is 13.2. The van der Waals surface area contributed by atoms with Crippen LogP contribution in [0.1, 0.15) is 18.9 Å². The minimum absolute atomic E-state index is 0.132. The van der Waals surface area contributed by atoms with E-state index in [1.165, 1.54) is 0 Å². The molecule has 1 aliphatic heterocycles. The molecule has 1 unspecified atom stereocenters. The van der Waals surface area contributed by atoms with Gasteiger partial charge in [-0.1, -0.05) is 30.3 Å². The molecule has 1 aliphatic rings. The highest BCUT2D eigenvalue weighted by atomic mass is 16.5. The largest absolute Gasteiger partial charge is 0.461 e. The zero-order valence-electron chi connectivity index (χ0n) is 15.8. The Kier molecular flexibility index (Phi) is 5.54. The molecule has 0 bridgehead atoms. The predicted octanol–water partition coefficient (Wildman–Crippen LogP) is 3.16. The molecule has 0 aliphatic carbocycles. The van der Waals surface area contributed by atoms with Crippen LogP contribution in [0.25, 0.3) is 0 Å². The number of esters is 1. The number of ether oxygens (including phenoxy) is 1. The molecule has 1 heterocycles. The van der Waals surface area contributed by atoms with Crippen LogP contribution in [-0.4, -0.2) is 37.3 Å². The number of benzene rings is 2. The molecule has 0 radical (unpaired) electrons. The third-order valence-electron chi connectivity index (χ3n) is 4.45. The Morgan fingerprint density at radius 1 is 1.19 bits per heavy atom. The third-order valence-corrected chi connectivity index (χ3v) is 4.45. The number of amides is 1. The number of nitrogens with zero attached hydrogens (tertiary/aromatic N) is 3. The maximum Gasteiger partial charge on any atom is 0.354 e. The first-order chi connectivity index (χ1) is 13.0. The van der Waals surface area contributed by atoms with Crippen LogP contribution >= 0.6 is 0 Å². The number of hydrazone groups is 1. The second-order valence-corrected chi connectivity index (χ2v) is 6.40. The van der Waals surface area contributed by atoms with Crippen LogP contribution in [0.3, 0.4) is 0 Å². The molecule has 6 heteroatoms. The van der Waals surface area contributed by atoms with E-state index in [0.717, 1.165) is 16.9 Å². The molecule has 2 aromatic carbocycles. The van der Waals surface area contributed by atoms with Crippen LogP contribution in [0.2, 0.25) is 0 Å². The summed E-state index contributed by atoms with van der Waals surface area (Å²) in [5.41, 5.74) is 2.89. The molecule has 140 valence electrons. The fourth-order valence-corrected chi connectivity index (χ4v) is 3.05. The van der Waals surface area contributed by atoms with Crippen molar-refractivity contribution >= 4 is 29.0 Å². The summed E-state index contributed by atoms with van der Waals surface area (Å²) in [6.45, 7) is 4.00. The highest BCUT2D eigenvalue weighted by molar-refractivity contribution is 6.38. The van der Waals surface area contributed by atoms with E-state index in [1.807, 2.05) is 61.5 Å². The Morgan fingerprint density at radius 2 is 1.93 bits per heavy atom. The zero-order valence-corrected chi connectivity index (χ0v) is 15.8. The number of anilines is 2.